The summed E-state index contributed by atoms with van der Waals surface area (Å²) in [6.07, 6.45) is 0. The first-order valence-corrected chi connectivity index (χ1v) is 10.2. The molecule has 0 saturated heterocycles. The highest BCUT2D eigenvalue weighted by Gasteiger charge is 2.24. The third-order valence-corrected chi connectivity index (χ3v) is 4.78. The van der Waals surface area contributed by atoms with Crippen molar-refractivity contribution in [3.63, 3.8) is 0 Å². The fraction of sp³-hybridized carbons (Fsp3) is 0.238. The highest BCUT2D eigenvalue weighted by atomic mass is 32.2. The summed E-state index contributed by atoms with van der Waals surface area (Å²) in [6.45, 7) is 2.85. The van der Waals surface area contributed by atoms with Crippen LogP contribution in [-0.2, 0) is 14.3 Å². The molecule has 0 heterocycles. The molecular formula is C21H19F2NO7S. The van der Waals surface area contributed by atoms with Gasteiger partial charge in [-0.15, -0.1) is 0 Å². The standard InChI is InChI=1S/C21H19F2NO7S/c1-3-30-20(28)17(24-11(2)25)10-32-21(29)31-18-7-4-12(8-15(18)19(26)27)14-6-5-13(22)9-16(14)23/h4-9,17H,3,10H2,1-2H3,(H,24,25)(H,26,27)/t17-/m0/s1. The number of thioether (sulfide) groups is 1. The molecule has 0 aliphatic carbocycles. The van der Waals surface area contributed by atoms with E-state index >= 15 is 0 Å². The van der Waals surface area contributed by atoms with Gasteiger partial charge in [-0.1, -0.05) is 6.07 Å². The maximum atomic E-state index is 14.0. The number of carboxylic acid groups (broad SMARTS) is 1. The molecule has 0 aromatic heterocycles. The molecule has 1 atom stereocenters. The summed E-state index contributed by atoms with van der Waals surface area (Å²) in [6, 6.07) is 5.31. The van der Waals surface area contributed by atoms with Crippen LogP contribution in [0.25, 0.3) is 11.1 Å². The Hall–Kier alpha value is -3.47. The van der Waals surface area contributed by atoms with Crippen molar-refractivity contribution in [2.24, 2.45) is 0 Å². The van der Waals surface area contributed by atoms with Gasteiger partial charge >= 0.3 is 17.2 Å². The SMILES string of the molecule is CCOC(=O)[C@H](CSC(=O)Oc1ccc(-c2ccc(F)cc2F)cc1C(=O)O)NC(C)=O. The molecule has 0 unspecified atom stereocenters. The van der Waals surface area contributed by atoms with Gasteiger partial charge in [0.15, 0.2) is 0 Å². The van der Waals surface area contributed by atoms with Crippen LogP contribution < -0.4 is 10.1 Å². The first kappa shape index (κ1) is 24.8. The lowest BCUT2D eigenvalue weighted by Crippen LogP contribution is -2.43. The Labute approximate surface area is 185 Å². The summed E-state index contributed by atoms with van der Waals surface area (Å²) in [5.74, 6) is -4.87. The molecule has 0 aliphatic heterocycles. The number of carbonyl (C=O) groups is 4. The average molecular weight is 467 g/mol. The number of amides is 1. The number of esters is 1. The van der Waals surface area contributed by atoms with Crippen LogP contribution in [0.2, 0.25) is 0 Å². The maximum absolute atomic E-state index is 14.0. The van der Waals surface area contributed by atoms with Crippen LogP contribution in [0.4, 0.5) is 13.6 Å². The Morgan fingerprint density at radius 1 is 1.12 bits per heavy atom. The van der Waals surface area contributed by atoms with Gasteiger partial charge in [-0.2, -0.15) is 0 Å². The third kappa shape index (κ3) is 6.77. The van der Waals surface area contributed by atoms with Crippen LogP contribution in [0, 0.1) is 11.6 Å². The van der Waals surface area contributed by atoms with E-state index in [4.69, 9.17) is 9.47 Å². The van der Waals surface area contributed by atoms with Gasteiger partial charge in [0.1, 0.15) is 29.0 Å². The number of halogens is 2. The predicted molar refractivity (Wildman–Crippen MR) is 111 cm³/mol. The van der Waals surface area contributed by atoms with E-state index in [9.17, 15) is 33.1 Å². The fourth-order valence-corrected chi connectivity index (χ4v) is 3.28. The molecule has 0 radical (unpaired) electrons. The number of rotatable bonds is 8. The zero-order chi connectivity index (χ0) is 23.8. The predicted octanol–water partition coefficient (Wildman–Crippen LogP) is 3.63. The quantitative estimate of drug-likeness (QED) is 0.565. The molecule has 0 aliphatic rings. The monoisotopic (exact) mass is 467 g/mol. The van der Waals surface area contributed by atoms with E-state index in [-0.39, 0.29) is 29.2 Å². The second-order valence-corrected chi connectivity index (χ2v) is 7.26. The van der Waals surface area contributed by atoms with E-state index < -0.39 is 46.4 Å². The highest BCUT2D eigenvalue weighted by molar-refractivity contribution is 8.13. The number of nitrogens with one attached hydrogen (secondary N) is 1. The van der Waals surface area contributed by atoms with Crippen LogP contribution in [-0.4, -0.2) is 46.7 Å². The van der Waals surface area contributed by atoms with Crippen LogP contribution in [0.1, 0.15) is 24.2 Å². The first-order valence-electron chi connectivity index (χ1n) is 9.23. The number of hydrogen-bond donors (Lipinski definition) is 2. The lowest BCUT2D eigenvalue weighted by Gasteiger charge is -2.15. The Morgan fingerprint density at radius 3 is 2.44 bits per heavy atom. The lowest BCUT2D eigenvalue weighted by molar-refractivity contribution is -0.146. The fourth-order valence-electron chi connectivity index (χ4n) is 2.60. The molecule has 2 aromatic rings. The minimum atomic E-state index is -1.44. The normalized spacial score (nSPS) is 11.4. The number of carboxylic acids is 1. The maximum Gasteiger partial charge on any atom is 0.372 e. The summed E-state index contributed by atoms with van der Waals surface area (Å²) in [7, 11) is 0. The Morgan fingerprint density at radius 2 is 1.84 bits per heavy atom. The molecule has 0 spiro atoms. The van der Waals surface area contributed by atoms with Crippen molar-refractivity contribution in [1.29, 1.82) is 0 Å². The largest absolute Gasteiger partial charge is 0.478 e. The van der Waals surface area contributed by atoms with E-state index in [2.05, 4.69) is 5.32 Å². The van der Waals surface area contributed by atoms with Gasteiger partial charge in [-0.05, 0) is 48.5 Å². The molecule has 0 fully saturated rings. The van der Waals surface area contributed by atoms with Crippen LogP contribution in [0.3, 0.4) is 0 Å². The van der Waals surface area contributed by atoms with E-state index in [0.29, 0.717) is 17.8 Å². The van der Waals surface area contributed by atoms with E-state index in [1.54, 1.807) is 6.92 Å². The number of aromatic carboxylic acids is 1. The first-order chi connectivity index (χ1) is 15.1. The molecule has 2 aromatic carbocycles. The Kier molecular flexibility index (Phi) is 8.71. The van der Waals surface area contributed by atoms with Gasteiger partial charge in [0.05, 0.1) is 6.61 Å². The van der Waals surface area contributed by atoms with Crippen molar-refractivity contribution in [3.8, 4) is 16.9 Å². The van der Waals surface area contributed by atoms with Crippen molar-refractivity contribution < 1.29 is 42.5 Å². The van der Waals surface area contributed by atoms with E-state index in [1.807, 2.05) is 0 Å². The number of benzene rings is 2. The van der Waals surface area contributed by atoms with Gasteiger partial charge in [0.2, 0.25) is 5.91 Å². The summed E-state index contributed by atoms with van der Waals surface area (Å²) < 4.78 is 37.0. The second kappa shape index (κ2) is 11.2. The van der Waals surface area contributed by atoms with E-state index in [0.717, 1.165) is 24.3 Å². The molecule has 8 nitrogen and oxygen atoms in total. The molecule has 11 heteroatoms. The average Bonchev–Trinajstić information content (AvgIpc) is 2.71. The topological polar surface area (TPSA) is 119 Å². The number of ether oxygens (including phenoxy) is 2. The van der Waals surface area contributed by atoms with Crippen molar-refractivity contribution in [2.45, 2.75) is 19.9 Å². The molecular weight excluding hydrogens is 448 g/mol. The highest BCUT2D eigenvalue weighted by Crippen LogP contribution is 2.30. The Bertz CT molecular complexity index is 1040. The van der Waals surface area contributed by atoms with E-state index in [1.165, 1.54) is 13.0 Å². The lowest BCUT2D eigenvalue weighted by atomic mass is 10.0. The minimum Gasteiger partial charge on any atom is -0.478 e. The summed E-state index contributed by atoms with van der Waals surface area (Å²) in [4.78, 5) is 46.9. The smallest absolute Gasteiger partial charge is 0.372 e. The van der Waals surface area contributed by atoms with Gasteiger partial charge in [0, 0.05) is 24.3 Å². The summed E-state index contributed by atoms with van der Waals surface area (Å²) in [5.41, 5.74) is -0.321. The van der Waals surface area contributed by atoms with Crippen LogP contribution in [0.15, 0.2) is 36.4 Å². The van der Waals surface area contributed by atoms with Gasteiger partial charge in [-0.3, -0.25) is 4.79 Å². The summed E-state index contributed by atoms with van der Waals surface area (Å²) in [5, 5.41) is 10.9. The molecule has 2 N–H and O–H groups in total. The van der Waals surface area contributed by atoms with Crippen LogP contribution in [0.5, 0.6) is 5.75 Å². The zero-order valence-corrected chi connectivity index (χ0v) is 17.8. The molecule has 2 rings (SSSR count). The summed E-state index contributed by atoms with van der Waals surface area (Å²) >= 11 is 0.529. The zero-order valence-electron chi connectivity index (χ0n) is 17.0. The number of carbonyl (C=O) groups excluding carboxylic acids is 3. The molecule has 170 valence electrons. The van der Waals surface area contributed by atoms with Crippen molar-refractivity contribution >= 4 is 34.9 Å². The third-order valence-electron chi connectivity index (χ3n) is 3.96. The number of hydrogen-bond acceptors (Lipinski definition) is 7. The second-order valence-electron chi connectivity index (χ2n) is 6.31. The van der Waals surface area contributed by atoms with Crippen molar-refractivity contribution in [3.05, 3.63) is 53.6 Å². The molecule has 0 saturated carbocycles. The molecule has 32 heavy (non-hydrogen) atoms. The van der Waals surface area contributed by atoms with Crippen molar-refractivity contribution in [2.75, 3.05) is 12.4 Å². The molecule has 1 amide bonds. The Balaban J connectivity index is 2.17. The molecule has 0 bridgehead atoms. The minimum absolute atomic E-state index is 0.0336. The van der Waals surface area contributed by atoms with Gasteiger partial charge in [-0.25, -0.2) is 23.2 Å². The van der Waals surface area contributed by atoms with Gasteiger partial charge < -0.3 is 19.9 Å². The van der Waals surface area contributed by atoms with Gasteiger partial charge in [0.25, 0.3) is 0 Å². The van der Waals surface area contributed by atoms with Crippen LogP contribution >= 0.6 is 11.8 Å². The van der Waals surface area contributed by atoms with Crippen molar-refractivity contribution in [1.82, 2.24) is 5.32 Å².